The minimum atomic E-state index is -0.804. The smallest absolute Gasteiger partial charge is 0.106 e. The Kier molecular flexibility index (Phi) is 4.64. The lowest BCUT2D eigenvalue weighted by molar-refractivity contribution is 0.687. The van der Waals surface area contributed by atoms with Crippen molar-refractivity contribution >= 4 is 33.7 Å². The van der Waals surface area contributed by atoms with Gasteiger partial charge in [0.25, 0.3) is 0 Å². The van der Waals surface area contributed by atoms with Gasteiger partial charge in [-0.25, -0.2) is 0 Å². The summed E-state index contributed by atoms with van der Waals surface area (Å²) >= 11 is 4.90. The van der Waals surface area contributed by atoms with Crippen LogP contribution >= 0.6 is 12.2 Å². The van der Waals surface area contributed by atoms with Gasteiger partial charge in [0.05, 0.1) is 11.9 Å². The lowest BCUT2D eigenvalue weighted by Crippen LogP contribution is -2.16. The van der Waals surface area contributed by atoms with E-state index < -0.39 is 10.8 Å². The largest absolute Gasteiger partial charge is 0.389 e. The molecule has 4 nitrogen and oxygen atoms in total. The van der Waals surface area contributed by atoms with Crippen LogP contribution in [0.1, 0.15) is 5.56 Å². The molecule has 1 aromatic rings. The third-order valence-corrected chi connectivity index (χ3v) is 2.79. The molecular weight excluding hydrogens is 230 g/mol. The molecule has 0 aliphatic heterocycles. The van der Waals surface area contributed by atoms with Crippen molar-refractivity contribution in [1.29, 1.82) is 0 Å². The molecule has 0 aromatic carbocycles. The van der Waals surface area contributed by atoms with Gasteiger partial charge in [-0.15, -0.1) is 0 Å². The van der Waals surface area contributed by atoms with E-state index in [1.807, 2.05) is 0 Å². The van der Waals surface area contributed by atoms with Crippen LogP contribution in [0.25, 0.3) is 0 Å². The molecule has 0 radical (unpaired) electrons. The fourth-order valence-electron chi connectivity index (χ4n) is 1.08. The predicted octanol–water partition coefficient (Wildman–Crippen LogP) is 0.506. The Morgan fingerprint density at radius 2 is 2.47 bits per heavy atom. The molecule has 0 aliphatic carbocycles. The zero-order valence-electron chi connectivity index (χ0n) is 8.40. The molecule has 15 heavy (non-hydrogen) atoms. The molecule has 82 valence electrons. The van der Waals surface area contributed by atoms with Crippen LogP contribution in [0.2, 0.25) is 0 Å². The number of hydrogen-bond donors (Lipinski definition) is 2. The number of aromatic nitrogens is 1. The maximum absolute atomic E-state index is 10.9. The number of nitrogens with two attached hydrogens (primary N) is 1. The maximum Gasteiger partial charge on any atom is 0.106 e. The highest BCUT2D eigenvalue weighted by molar-refractivity contribution is 7.84. The van der Waals surface area contributed by atoms with Crippen LogP contribution in [-0.2, 0) is 10.8 Å². The molecule has 1 rings (SSSR count). The van der Waals surface area contributed by atoms with E-state index >= 15 is 0 Å². The number of pyridine rings is 1. The highest BCUT2D eigenvalue weighted by atomic mass is 32.2. The van der Waals surface area contributed by atoms with Gasteiger partial charge in [-0.05, 0) is 6.07 Å². The van der Waals surface area contributed by atoms with Crippen LogP contribution in [-0.4, -0.2) is 32.7 Å². The van der Waals surface area contributed by atoms with Gasteiger partial charge < -0.3 is 11.1 Å². The molecule has 1 unspecified atom stereocenters. The quantitative estimate of drug-likeness (QED) is 0.737. The second-order valence-corrected chi connectivity index (χ2v) is 4.98. The average molecular weight is 243 g/mol. The highest BCUT2D eigenvalue weighted by Crippen LogP contribution is 2.12. The third kappa shape index (κ3) is 3.93. The van der Waals surface area contributed by atoms with Gasteiger partial charge >= 0.3 is 0 Å². The number of nitrogens with zero attached hydrogens (tertiary/aromatic N) is 1. The molecule has 0 saturated heterocycles. The van der Waals surface area contributed by atoms with Crippen LogP contribution in [0.4, 0.5) is 5.69 Å². The second kappa shape index (κ2) is 5.77. The summed E-state index contributed by atoms with van der Waals surface area (Å²) in [5.74, 6) is 0.589. The molecule has 1 aromatic heterocycles. The zero-order valence-corrected chi connectivity index (χ0v) is 10.0. The average Bonchev–Trinajstić information content (AvgIpc) is 2.17. The summed E-state index contributed by atoms with van der Waals surface area (Å²) in [6.07, 6.45) is 4.96. The van der Waals surface area contributed by atoms with Crippen LogP contribution in [0, 0.1) is 0 Å². The minimum absolute atomic E-state index is 0.331. The van der Waals surface area contributed by atoms with Crippen molar-refractivity contribution < 1.29 is 4.21 Å². The first-order chi connectivity index (χ1) is 7.11. The first-order valence-corrected chi connectivity index (χ1v) is 6.52. The van der Waals surface area contributed by atoms with Crippen molar-refractivity contribution in [2.75, 3.05) is 23.9 Å². The van der Waals surface area contributed by atoms with Gasteiger partial charge in [0.15, 0.2) is 0 Å². The fraction of sp³-hybridized carbons (Fsp3) is 0.333. The van der Waals surface area contributed by atoms with Crippen molar-refractivity contribution in [3.05, 3.63) is 24.0 Å². The molecule has 0 amide bonds. The van der Waals surface area contributed by atoms with Crippen LogP contribution in [0.5, 0.6) is 0 Å². The molecule has 0 spiro atoms. The molecule has 3 N–H and O–H groups in total. The minimum Gasteiger partial charge on any atom is -0.389 e. The van der Waals surface area contributed by atoms with Crippen molar-refractivity contribution in [3.63, 3.8) is 0 Å². The summed E-state index contributed by atoms with van der Waals surface area (Å²) in [7, 11) is -0.804. The SMILES string of the molecule is CS(=O)CCNc1cnccc1C(N)=S. The molecule has 1 heterocycles. The van der Waals surface area contributed by atoms with Crippen molar-refractivity contribution in [1.82, 2.24) is 4.98 Å². The number of anilines is 1. The van der Waals surface area contributed by atoms with E-state index in [2.05, 4.69) is 10.3 Å². The van der Waals surface area contributed by atoms with Gasteiger partial charge in [-0.3, -0.25) is 9.19 Å². The van der Waals surface area contributed by atoms with E-state index in [1.165, 1.54) is 0 Å². The monoisotopic (exact) mass is 243 g/mol. The van der Waals surface area contributed by atoms with Crippen molar-refractivity contribution in [2.45, 2.75) is 0 Å². The number of rotatable bonds is 5. The predicted molar refractivity (Wildman–Crippen MR) is 67.5 cm³/mol. The Hall–Kier alpha value is -1.01. The summed E-state index contributed by atoms with van der Waals surface area (Å²) in [5, 5.41) is 3.10. The van der Waals surface area contributed by atoms with E-state index in [-0.39, 0.29) is 0 Å². The zero-order chi connectivity index (χ0) is 11.3. The summed E-state index contributed by atoms with van der Waals surface area (Å²) in [6, 6.07) is 1.76. The van der Waals surface area contributed by atoms with Gasteiger partial charge in [-0.2, -0.15) is 0 Å². The first kappa shape index (κ1) is 12.1. The highest BCUT2D eigenvalue weighted by Gasteiger charge is 2.03. The summed E-state index contributed by atoms with van der Waals surface area (Å²) in [4.78, 5) is 4.30. The lowest BCUT2D eigenvalue weighted by Gasteiger charge is -2.09. The molecule has 0 aliphatic rings. The van der Waals surface area contributed by atoms with Gasteiger partial charge in [0.2, 0.25) is 0 Å². The van der Waals surface area contributed by atoms with E-state index in [0.717, 1.165) is 11.3 Å². The summed E-state index contributed by atoms with van der Waals surface area (Å²) in [6.45, 7) is 0.615. The molecule has 0 fully saturated rings. The van der Waals surface area contributed by atoms with Crippen LogP contribution in [0.15, 0.2) is 18.5 Å². The summed E-state index contributed by atoms with van der Waals surface area (Å²) < 4.78 is 10.9. The normalized spacial score (nSPS) is 12.1. The molecule has 0 saturated carbocycles. The first-order valence-electron chi connectivity index (χ1n) is 4.39. The Labute approximate surface area is 96.7 Å². The van der Waals surface area contributed by atoms with Gasteiger partial charge in [-0.1, -0.05) is 12.2 Å². The Balaban J connectivity index is 2.67. The number of hydrogen-bond acceptors (Lipinski definition) is 4. The van der Waals surface area contributed by atoms with E-state index in [9.17, 15) is 4.21 Å². The number of nitrogens with one attached hydrogen (secondary N) is 1. The molecular formula is C9H13N3OS2. The fourth-order valence-corrected chi connectivity index (χ4v) is 1.65. The summed E-state index contributed by atoms with van der Waals surface area (Å²) in [5.41, 5.74) is 7.10. The van der Waals surface area contributed by atoms with Gasteiger partial charge in [0.1, 0.15) is 4.99 Å². The van der Waals surface area contributed by atoms with E-state index in [1.54, 1.807) is 24.7 Å². The third-order valence-electron chi connectivity index (χ3n) is 1.79. The Bertz CT molecular complexity index is 381. The maximum atomic E-state index is 10.9. The van der Waals surface area contributed by atoms with E-state index in [4.69, 9.17) is 18.0 Å². The van der Waals surface area contributed by atoms with Crippen LogP contribution < -0.4 is 11.1 Å². The topological polar surface area (TPSA) is 68.0 Å². The van der Waals surface area contributed by atoms with E-state index in [0.29, 0.717) is 17.3 Å². The lowest BCUT2D eigenvalue weighted by atomic mass is 10.2. The second-order valence-electron chi connectivity index (χ2n) is 2.99. The Morgan fingerprint density at radius 3 is 3.07 bits per heavy atom. The molecule has 0 bridgehead atoms. The standard InChI is InChI=1S/C9H13N3OS2/c1-15(13)5-4-12-8-6-11-3-2-7(8)9(10)14/h2-3,6,12H,4-5H2,1H3,(H2,10,14). The van der Waals surface area contributed by atoms with Crippen molar-refractivity contribution in [3.8, 4) is 0 Å². The van der Waals surface area contributed by atoms with Crippen molar-refractivity contribution in [2.24, 2.45) is 5.73 Å². The Morgan fingerprint density at radius 1 is 1.73 bits per heavy atom. The molecule has 1 atom stereocenters. The molecule has 6 heteroatoms. The van der Waals surface area contributed by atoms with Crippen LogP contribution in [0.3, 0.4) is 0 Å². The number of thiocarbonyl (C=S) groups is 1. The van der Waals surface area contributed by atoms with Gasteiger partial charge in [0, 0.05) is 41.1 Å².